The summed E-state index contributed by atoms with van der Waals surface area (Å²) < 4.78 is 14.1. The molecule has 24 heavy (non-hydrogen) atoms. The summed E-state index contributed by atoms with van der Waals surface area (Å²) >= 11 is 0. The molecule has 2 aliphatic heterocycles. The number of benzene rings is 1. The summed E-state index contributed by atoms with van der Waals surface area (Å²) in [5.74, 6) is -1.50. The quantitative estimate of drug-likeness (QED) is 0.846. The van der Waals surface area contributed by atoms with E-state index in [1.165, 1.54) is 11.0 Å². The lowest BCUT2D eigenvalue weighted by molar-refractivity contribution is -0.136. The first-order valence-corrected chi connectivity index (χ1v) is 8.35. The van der Waals surface area contributed by atoms with Crippen LogP contribution in [0.3, 0.4) is 0 Å². The van der Waals surface area contributed by atoms with Crippen molar-refractivity contribution in [2.45, 2.75) is 59.0 Å². The fourth-order valence-electron chi connectivity index (χ4n) is 3.05. The average Bonchev–Trinajstić information content (AvgIpc) is 2.85. The Bertz CT molecular complexity index is 685. The monoisotopic (exact) mass is 334 g/mol. The molecule has 1 saturated heterocycles. The van der Waals surface area contributed by atoms with E-state index in [1.54, 1.807) is 6.07 Å². The smallest absolute Gasteiger partial charge is 0.255 e. The standard InChI is InChI=1S/C16H17FN2O3.C2H6/c1-8(2)10-5-9-7-19(16(22)11(9)6-12(10)17)13-3-4-14(20)18-15(13)21;1-2/h5-6,8,13H,3-4,7H2,1-2H3,(H,18,20,21);1-2H3. The Labute approximate surface area is 141 Å². The van der Waals surface area contributed by atoms with Crippen LogP contribution in [-0.2, 0) is 16.1 Å². The highest BCUT2D eigenvalue weighted by molar-refractivity contribution is 6.05. The second kappa shape index (κ2) is 7.11. The van der Waals surface area contributed by atoms with Gasteiger partial charge in [0.05, 0.1) is 0 Å². The van der Waals surface area contributed by atoms with E-state index in [2.05, 4.69) is 5.32 Å². The number of hydrogen-bond acceptors (Lipinski definition) is 3. The normalized spacial score (nSPS) is 19.8. The molecule has 1 aromatic carbocycles. The van der Waals surface area contributed by atoms with E-state index in [0.29, 0.717) is 17.5 Å². The molecule has 6 heteroatoms. The summed E-state index contributed by atoms with van der Waals surface area (Å²) in [7, 11) is 0. The van der Waals surface area contributed by atoms with E-state index in [9.17, 15) is 18.8 Å². The molecule has 3 rings (SSSR count). The van der Waals surface area contributed by atoms with Crippen LogP contribution in [0.15, 0.2) is 12.1 Å². The Morgan fingerprint density at radius 2 is 1.88 bits per heavy atom. The maximum Gasteiger partial charge on any atom is 0.255 e. The van der Waals surface area contributed by atoms with Crippen molar-refractivity contribution in [2.75, 3.05) is 0 Å². The molecule has 1 atom stereocenters. The third-order valence-electron chi connectivity index (χ3n) is 4.26. The van der Waals surface area contributed by atoms with Gasteiger partial charge in [-0.25, -0.2) is 4.39 Å². The predicted octanol–water partition coefficient (Wildman–Crippen LogP) is 2.74. The van der Waals surface area contributed by atoms with Gasteiger partial charge in [-0.05, 0) is 29.5 Å². The summed E-state index contributed by atoms with van der Waals surface area (Å²) in [5, 5.41) is 2.25. The Kier molecular flexibility index (Phi) is 5.36. The third kappa shape index (κ3) is 3.18. The van der Waals surface area contributed by atoms with Crippen molar-refractivity contribution >= 4 is 17.7 Å². The maximum absolute atomic E-state index is 14.1. The molecule has 2 heterocycles. The van der Waals surface area contributed by atoms with Crippen molar-refractivity contribution in [1.29, 1.82) is 0 Å². The van der Waals surface area contributed by atoms with Gasteiger partial charge < -0.3 is 4.90 Å². The maximum atomic E-state index is 14.1. The minimum absolute atomic E-state index is 0.0186. The number of amides is 3. The molecular formula is C18H23FN2O3. The van der Waals surface area contributed by atoms with Crippen molar-refractivity contribution in [3.63, 3.8) is 0 Å². The largest absolute Gasteiger partial charge is 0.322 e. The average molecular weight is 334 g/mol. The fourth-order valence-corrected chi connectivity index (χ4v) is 3.05. The molecular weight excluding hydrogens is 311 g/mol. The zero-order chi connectivity index (χ0) is 18.0. The van der Waals surface area contributed by atoms with E-state index in [4.69, 9.17) is 0 Å². The first-order valence-electron chi connectivity index (χ1n) is 8.35. The lowest BCUT2D eigenvalue weighted by atomic mass is 9.98. The number of imide groups is 1. The van der Waals surface area contributed by atoms with Gasteiger partial charge in [-0.2, -0.15) is 0 Å². The second-order valence-corrected chi connectivity index (χ2v) is 6.09. The number of nitrogens with zero attached hydrogens (tertiary/aromatic N) is 1. The molecule has 0 saturated carbocycles. The van der Waals surface area contributed by atoms with Gasteiger partial charge in [0.25, 0.3) is 5.91 Å². The van der Waals surface area contributed by atoms with E-state index < -0.39 is 17.8 Å². The SMILES string of the molecule is CC.CC(C)c1cc2c(cc1F)C(=O)N(C1CCC(=O)NC1=O)C2. The molecule has 0 spiro atoms. The lowest BCUT2D eigenvalue weighted by Gasteiger charge is -2.29. The van der Waals surface area contributed by atoms with E-state index in [1.807, 2.05) is 27.7 Å². The first kappa shape index (κ1) is 18.1. The van der Waals surface area contributed by atoms with Crippen molar-refractivity contribution in [1.82, 2.24) is 10.2 Å². The minimum Gasteiger partial charge on any atom is -0.322 e. The van der Waals surface area contributed by atoms with Crippen LogP contribution in [0.4, 0.5) is 4.39 Å². The summed E-state index contributed by atoms with van der Waals surface area (Å²) in [6, 6.07) is 2.31. The van der Waals surface area contributed by atoms with Crippen LogP contribution in [0.5, 0.6) is 0 Å². The highest BCUT2D eigenvalue weighted by atomic mass is 19.1. The molecule has 0 radical (unpaired) electrons. The van der Waals surface area contributed by atoms with Crippen molar-refractivity contribution in [3.8, 4) is 0 Å². The van der Waals surface area contributed by atoms with Gasteiger partial charge >= 0.3 is 0 Å². The molecule has 0 aliphatic carbocycles. The van der Waals surface area contributed by atoms with Gasteiger partial charge in [0, 0.05) is 18.5 Å². The highest BCUT2D eigenvalue weighted by Crippen LogP contribution is 2.31. The third-order valence-corrected chi connectivity index (χ3v) is 4.26. The number of piperidine rings is 1. The minimum atomic E-state index is -0.664. The predicted molar refractivity (Wildman–Crippen MR) is 87.9 cm³/mol. The highest BCUT2D eigenvalue weighted by Gasteiger charge is 2.39. The van der Waals surface area contributed by atoms with Crippen LogP contribution in [0.25, 0.3) is 0 Å². The van der Waals surface area contributed by atoms with E-state index in [-0.39, 0.29) is 30.7 Å². The molecule has 3 amide bonds. The Hall–Kier alpha value is -2.24. The first-order chi connectivity index (χ1) is 11.4. The van der Waals surface area contributed by atoms with Crippen molar-refractivity contribution in [2.24, 2.45) is 0 Å². The Morgan fingerprint density at radius 3 is 2.46 bits per heavy atom. The lowest BCUT2D eigenvalue weighted by Crippen LogP contribution is -2.52. The van der Waals surface area contributed by atoms with Crippen LogP contribution in [-0.4, -0.2) is 28.7 Å². The van der Waals surface area contributed by atoms with Gasteiger partial charge in [0.2, 0.25) is 11.8 Å². The number of carbonyl (C=O) groups excluding carboxylic acids is 3. The van der Waals surface area contributed by atoms with Crippen molar-refractivity contribution in [3.05, 3.63) is 34.6 Å². The number of rotatable bonds is 2. The molecule has 130 valence electrons. The van der Waals surface area contributed by atoms with Crippen LogP contribution >= 0.6 is 0 Å². The van der Waals surface area contributed by atoms with E-state index >= 15 is 0 Å². The summed E-state index contributed by atoms with van der Waals surface area (Å²) in [4.78, 5) is 37.0. The topological polar surface area (TPSA) is 66.5 Å². The molecule has 5 nitrogen and oxygen atoms in total. The summed E-state index contributed by atoms with van der Waals surface area (Å²) in [5.41, 5.74) is 1.61. The molecule has 1 fully saturated rings. The van der Waals surface area contributed by atoms with Gasteiger partial charge in [-0.3, -0.25) is 19.7 Å². The molecule has 1 N–H and O–H groups in total. The molecule has 1 aromatic rings. The summed E-state index contributed by atoms with van der Waals surface area (Å²) in [6.45, 7) is 8.06. The fraction of sp³-hybridized carbons (Fsp3) is 0.500. The number of nitrogens with one attached hydrogen (secondary N) is 1. The van der Waals surface area contributed by atoms with E-state index in [0.717, 1.165) is 5.56 Å². The van der Waals surface area contributed by atoms with Gasteiger partial charge in [-0.15, -0.1) is 0 Å². The van der Waals surface area contributed by atoms with Gasteiger partial charge in [0.1, 0.15) is 11.9 Å². The number of fused-ring (bicyclic) bond motifs is 1. The van der Waals surface area contributed by atoms with Crippen LogP contribution in [0.2, 0.25) is 0 Å². The Balaban J connectivity index is 0.00000100. The zero-order valence-corrected chi connectivity index (χ0v) is 14.5. The molecule has 2 aliphatic rings. The zero-order valence-electron chi connectivity index (χ0n) is 14.5. The molecule has 0 bridgehead atoms. The molecule has 1 unspecified atom stereocenters. The number of hydrogen-bond donors (Lipinski definition) is 1. The molecule has 0 aromatic heterocycles. The second-order valence-electron chi connectivity index (χ2n) is 6.09. The van der Waals surface area contributed by atoms with Crippen LogP contribution in [0, 0.1) is 5.82 Å². The van der Waals surface area contributed by atoms with Crippen LogP contribution < -0.4 is 5.32 Å². The van der Waals surface area contributed by atoms with Crippen molar-refractivity contribution < 1.29 is 18.8 Å². The van der Waals surface area contributed by atoms with Gasteiger partial charge in [0.15, 0.2) is 0 Å². The Morgan fingerprint density at radius 1 is 1.21 bits per heavy atom. The van der Waals surface area contributed by atoms with Gasteiger partial charge in [-0.1, -0.05) is 33.8 Å². The number of carbonyl (C=O) groups is 3. The number of halogens is 1. The van der Waals surface area contributed by atoms with Crippen LogP contribution in [0.1, 0.15) is 67.9 Å². The summed E-state index contributed by atoms with van der Waals surface area (Å²) in [6.07, 6.45) is 0.520.